The molecular weight excluding hydrogens is 428 g/mol. The Morgan fingerprint density at radius 1 is 0.647 bits per heavy atom. The van der Waals surface area contributed by atoms with Crippen LogP contribution in [0, 0.1) is 11.8 Å². The van der Waals surface area contributed by atoms with Crippen LogP contribution in [0.4, 0.5) is 0 Å². The molecule has 2 aromatic rings. The van der Waals surface area contributed by atoms with Gasteiger partial charge in [0.1, 0.15) is 28.8 Å². The molecule has 0 aliphatic rings. The summed E-state index contributed by atoms with van der Waals surface area (Å²) in [7, 11) is 6.49. The fourth-order valence-corrected chi connectivity index (χ4v) is 3.30. The maximum Gasteiger partial charge on any atom is 0.145 e. The van der Waals surface area contributed by atoms with Crippen molar-refractivity contribution in [1.29, 1.82) is 0 Å². The molecule has 0 N–H and O–H groups in total. The maximum absolute atomic E-state index is 12.7. The summed E-state index contributed by atoms with van der Waals surface area (Å²) < 4.78 is 21.2. The van der Waals surface area contributed by atoms with Crippen molar-refractivity contribution < 1.29 is 23.7 Å². The molecule has 2 rings (SSSR count). The standard InChI is InChI=1S/C29H34O5/c1-21(11-7-9-13-23-15-17-25(31-3)19-27(23)33-5)29(30)22(2)12-8-10-14-24-16-18-26(32-4)20-28(24)34-6/h7-22H,1-6H3. The van der Waals surface area contributed by atoms with Gasteiger partial charge in [0.25, 0.3) is 0 Å². The molecule has 2 unspecified atom stereocenters. The average Bonchev–Trinajstić information content (AvgIpc) is 2.88. The van der Waals surface area contributed by atoms with Gasteiger partial charge in [-0.25, -0.2) is 0 Å². The van der Waals surface area contributed by atoms with E-state index in [0.717, 1.165) is 34.1 Å². The molecule has 0 aliphatic heterocycles. The lowest BCUT2D eigenvalue weighted by Gasteiger charge is -2.09. The highest BCUT2D eigenvalue weighted by Gasteiger charge is 2.14. The number of hydrogen-bond donors (Lipinski definition) is 0. The van der Waals surface area contributed by atoms with Crippen molar-refractivity contribution >= 4 is 17.9 Å². The van der Waals surface area contributed by atoms with Gasteiger partial charge < -0.3 is 18.9 Å². The summed E-state index contributed by atoms with van der Waals surface area (Å²) in [6.07, 6.45) is 15.3. The van der Waals surface area contributed by atoms with E-state index in [1.54, 1.807) is 28.4 Å². The van der Waals surface area contributed by atoms with Crippen molar-refractivity contribution in [2.24, 2.45) is 11.8 Å². The maximum atomic E-state index is 12.7. The largest absolute Gasteiger partial charge is 0.497 e. The summed E-state index contributed by atoms with van der Waals surface area (Å²) in [6.45, 7) is 3.81. The molecule has 0 bridgehead atoms. The number of carbonyl (C=O) groups is 1. The average molecular weight is 463 g/mol. The first-order valence-corrected chi connectivity index (χ1v) is 11.1. The van der Waals surface area contributed by atoms with Crippen LogP contribution in [-0.2, 0) is 4.79 Å². The van der Waals surface area contributed by atoms with Crippen LogP contribution in [0.25, 0.3) is 12.2 Å². The molecule has 34 heavy (non-hydrogen) atoms. The number of carbonyl (C=O) groups excluding carboxylic acids is 1. The highest BCUT2D eigenvalue weighted by Crippen LogP contribution is 2.26. The minimum absolute atomic E-state index is 0.151. The monoisotopic (exact) mass is 462 g/mol. The molecule has 2 aromatic carbocycles. The SMILES string of the molecule is COc1ccc(C=CC=CC(C)C(=O)C(C)C=CC=Cc2ccc(OC)cc2OC)c(OC)c1. The van der Waals surface area contributed by atoms with Crippen molar-refractivity contribution in [2.45, 2.75) is 13.8 Å². The van der Waals surface area contributed by atoms with E-state index in [2.05, 4.69) is 0 Å². The fraction of sp³-hybridized carbons (Fsp3) is 0.276. The highest BCUT2D eigenvalue weighted by molar-refractivity contribution is 5.86. The lowest BCUT2D eigenvalue weighted by molar-refractivity contribution is -0.123. The molecule has 5 nitrogen and oxygen atoms in total. The van der Waals surface area contributed by atoms with Crippen molar-refractivity contribution in [3.63, 3.8) is 0 Å². The van der Waals surface area contributed by atoms with Crippen molar-refractivity contribution in [2.75, 3.05) is 28.4 Å². The molecule has 2 atom stereocenters. The zero-order chi connectivity index (χ0) is 24.9. The third-order valence-electron chi connectivity index (χ3n) is 5.35. The quantitative estimate of drug-likeness (QED) is 0.342. The number of ether oxygens (including phenoxy) is 4. The molecule has 0 spiro atoms. The summed E-state index contributed by atoms with van der Waals surface area (Å²) in [6, 6.07) is 11.3. The first kappa shape index (κ1) is 26.5. The van der Waals surface area contributed by atoms with Gasteiger partial charge in [-0.2, -0.15) is 0 Å². The molecule has 0 amide bonds. The summed E-state index contributed by atoms with van der Waals surface area (Å²) in [4.78, 5) is 12.7. The topological polar surface area (TPSA) is 54.0 Å². The molecule has 180 valence electrons. The minimum Gasteiger partial charge on any atom is -0.497 e. The Balaban J connectivity index is 1.94. The van der Waals surface area contributed by atoms with E-state index in [9.17, 15) is 4.79 Å². The molecule has 0 heterocycles. The Bertz CT molecular complexity index is 979. The minimum atomic E-state index is -0.201. The first-order chi connectivity index (χ1) is 16.4. The zero-order valence-electron chi connectivity index (χ0n) is 20.8. The zero-order valence-corrected chi connectivity index (χ0v) is 20.8. The van der Waals surface area contributed by atoms with Crippen LogP contribution in [0.5, 0.6) is 23.0 Å². The van der Waals surface area contributed by atoms with Crippen LogP contribution in [-0.4, -0.2) is 34.2 Å². The molecule has 0 saturated carbocycles. The van der Waals surface area contributed by atoms with Crippen LogP contribution in [0.2, 0.25) is 0 Å². The molecular formula is C29H34O5. The van der Waals surface area contributed by atoms with Gasteiger partial charge in [0.15, 0.2) is 0 Å². The lowest BCUT2D eigenvalue weighted by atomic mass is 9.94. The van der Waals surface area contributed by atoms with E-state index < -0.39 is 0 Å². The lowest BCUT2D eigenvalue weighted by Crippen LogP contribution is -2.15. The number of rotatable bonds is 12. The number of allylic oxidation sites excluding steroid dienone is 6. The smallest absolute Gasteiger partial charge is 0.145 e. The first-order valence-electron chi connectivity index (χ1n) is 11.1. The second-order valence-electron chi connectivity index (χ2n) is 7.68. The van der Waals surface area contributed by atoms with E-state index >= 15 is 0 Å². The summed E-state index contributed by atoms with van der Waals surface area (Å²) >= 11 is 0. The molecule has 0 saturated heterocycles. The van der Waals surface area contributed by atoms with E-state index in [4.69, 9.17) is 18.9 Å². The van der Waals surface area contributed by atoms with Crippen molar-refractivity contribution in [1.82, 2.24) is 0 Å². The Kier molecular flexibility index (Phi) is 10.7. The molecule has 0 aromatic heterocycles. The van der Waals surface area contributed by atoms with E-state index in [1.807, 2.05) is 98.9 Å². The van der Waals surface area contributed by atoms with Crippen LogP contribution in [0.3, 0.4) is 0 Å². The number of benzene rings is 2. The van der Waals surface area contributed by atoms with Crippen molar-refractivity contribution in [3.8, 4) is 23.0 Å². The molecule has 5 heteroatoms. The Morgan fingerprint density at radius 2 is 1.06 bits per heavy atom. The third kappa shape index (κ3) is 7.69. The molecule has 0 aliphatic carbocycles. The van der Waals surface area contributed by atoms with Crippen LogP contribution in [0.1, 0.15) is 25.0 Å². The van der Waals surface area contributed by atoms with Gasteiger partial charge in [-0.05, 0) is 24.3 Å². The van der Waals surface area contributed by atoms with Gasteiger partial charge in [0.2, 0.25) is 0 Å². The van der Waals surface area contributed by atoms with Gasteiger partial charge >= 0.3 is 0 Å². The molecule has 0 radical (unpaired) electrons. The summed E-state index contributed by atoms with van der Waals surface area (Å²) in [5.41, 5.74) is 1.87. The molecule has 0 fully saturated rings. The predicted octanol–water partition coefficient (Wildman–Crippen LogP) is 6.40. The van der Waals surface area contributed by atoms with Crippen LogP contribution >= 0.6 is 0 Å². The van der Waals surface area contributed by atoms with Crippen molar-refractivity contribution in [3.05, 3.63) is 84.0 Å². The van der Waals surface area contributed by atoms with E-state index in [1.165, 1.54) is 0 Å². The number of methoxy groups -OCH3 is 4. The second-order valence-corrected chi connectivity index (χ2v) is 7.68. The third-order valence-corrected chi connectivity index (χ3v) is 5.35. The summed E-state index contributed by atoms with van der Waals surface area (Å²) in [5, 5.41) is 0. The van der Waals surface area contributed by atoms with Crippen LogP contribution < -0.4 is 18.9 Å². The Morgan fingerprint density at radius 3 is 1.41 bits per heavy atom. The van der Waals surface area contributed by atoms with Gasteiger partial charge in [-0.15, -0.1) is 0 Å². The van der Waals surface area contributed by atoms with E-state index in [0.29, 0.717) is 0 Å². The Labute approximate surface area is 203 Å². The van der Waals surface area contributed by atoms with Gasteiger partial charge in [-0.1, -0.05) is 62.5 Å². The predicted molar refractivity (Wildman–Crippen MR) is 139 cm³/mol. The number of hydrogen-bond acceptors (Lipinski definition) is 5. The van der Waals surface area contributed by atoms with Gasteiger partial charge in [0, 0.05) is 35.1 Å². The van der Waals surface area contributed by atoms with E-state index in [-0.39, 0.29) is 17.6 Å². The number of Topliss-reactive ketones (excluding diaryl/α,β-unsaturated/α-hetero) is 1. The number of ketones is 1. The summed E-state index contributed by atoms with van der Waals surface area (Å²) in [5.74, 6) is 2.69. The highest BCUT2D eigenvalue weighted by atomic mass is 16.5. The van der Waals surface area contributed by atoms with Gasteiger partial charge in [-0.3, -0.25) is 4.79 Å². The Hall–Kier alpha value is -3.73. The fourth-order valence-electron chi connectivity index (χ4n) is 3.30. The normalized spacial score (nSPS) is 13.6. The second kappa shape index (κ2) is 13.7. The van der Waals surface area contributed by atoms with Gasteiger partial charge in [0.05, 0.1) is 28.4 Å². The van der Waals surface area contributed by atoms with Crippen LogP contribution in [0.15, 0.2) is 72.9 Å².